The van der Waals surface area contributed by atoms with Crippen molar-refractivity contribution in [3.8, 4) is 5.75 Å². The summed E-state index contributed by atoms with van der Waals surface area (Å²) in [5, 5.41) is 9.09. The minimum Gasteiger partial charge on any atom is -0.493 e. The summed E-state index contributed by atoms with van der Waals surface area (Å²) >= 11 is 0. The molecule has 0 atom stereocenters. The molecule has 2 nitrogen and oxygen atoms in total. The van der Waals surface area contributed by atoms with Crippen molar-refractivity contribution in [1.82, 2.24) is 0 Å². The molecular formula is C13H17FO2. The second-order valence-corrected chi connectivity index (χ2v) is 4.37. The summed E-state index contributed by atoms with van der Waals surface area (Å²) < 4.78 is 18.5. The maximum atomic E-state index is 12.9. The molecule has 0 aliphatic heterocycles. The van der Waals surface area contributed by atoms with Crippen molar-refractivity contribution in [2.45, 2.75) is 32.3 Å². The lowest BCUT2D eigenvalue weighted by atomic mass is 10.1. The van der Waals surface area contributed by atoms with Gasteiger partial charge in [-0.05, 0) is 37.0 Å². The van der Waals surface area contributed by atoms with Crippen molar-refractivity contribution in [2.24, 2.45) is 5.92 Å². The first-order valence-electron chi connectivity index (χ1n) is 5.81. The zero-order valence-corrected chi connectivity index (χ0v) is 9.29. The van der Waals surface area contributed by atoms with Crippen LogP contribution >= 0.6 is 0 Å². The quantitative estimate of drug-likeness (QED) is 0.852. The highest BCUT2D eigenvalue weighted by molar-refractivity contribution is 5.33. The molecule has 0 aromatic heterocycles. The van der Waals surface area contributed by atoms with Crippen molar-refractivity contribution < 1.29 is 14.2 Å². The predicted molar refractivity (Wildman–Crippen MR) is 59.8 cm³/mol. The highest BCUT2D eigenvalue weighted by Gasteiger charge is 2.16. The second kappa shape index (κ2) is 5.30. The van der Waals surface area contributed by atoms with Gasteiger partial charge in [0.1, 0.15) is 11.6 Å². The van der Waals surface area contributed by atoms with Crippen LogP contribution in [0, 0.1) is 11.7 Å². The van der Waals surface area contributed by atoms with E-state index in [4.69, 9.17) is 9.84 Å². The monoisotopic (exact) mass is 224 g/mol. The van der Waals surface area contributed by atoms with Crippen molar-refractivity contribution in [3.05, 3.63) is 29.6 Å². The van der Waals surface area contributed by atoms with E-state index >= 15 is 0 Å². The number of ether oxygens (including phenoxy) is 1. The normalized spacial score (nSPS) is 16.6. The van der Waals surface area contributed by atoms with Crippen LogP contribution < -0.4 is 4.74 Å². The van der Waals surface area contributed by atoms with Gasteiger partial charge in [-0.15, -0.1) is 0 Å². The Hall–Kier alpha value is -1.09. The van der Waals surface area contributed by atoms with Gasteiger partial charge < -0.3 is 9.84 Å². The molecule has 0 saturated heterocycles. The second-order valence-electron chi connectivity index (χ2n) is 4.37. The van der Waals surface area contributed by atoms with Gasteiger partial charge in [0, 0.05) is 5.56 Å². The molecule has 1 aliphatic carbocycles. The fourth-order valence-electron chi connectivity index (χ4n) is 2.20. The van der Waals surface area contributed by atoms with Crippen LogP contribution in [0.4, 0.5) is 4.39 Å². The number of aliphatic hydroxyl groups is 1. The summed E-state index contributed by atoms with van der Waals surface area (Å²) in [6.07, 6.45) is 5.00. The summed E-state index contributed by atoms with van der Waals surface area (Å²) in [5.74, 6) is 0.893. The van der Waals surface area contributed by atoms with E-state index in [1.165, 1.54) is 37.8 Å². The molecule has 0 bridgehead atoms. The summed E-state index contributed by atoms with van der Waals surface area (Å²) in [7, 11) is 0. The summed E-state index contributed by atoms with van der Waals surface area (Å²) in [6.45, 7) is 0.496. The molecule has 1 aromatic carbocycles. The smallest absolute Gasteiger partial charge is 0.125 e. The lowest BCUT2D eigenvalue weighted by Gasteiger charge is -2.13. The molecule has 3 heteroatoms. The Morgan fingerprint density at radius 2 is 2.06 bits per heavy atom. The molecule has 0 heterocycles. The van der Waals surface area contributed by atoms with Gasteiger partial charge in [0.05, 0.1) is 13.2 Å². The zero-order chi connectivity index (χ0) is 11.4. The third-order valence-corrected chi connectivity index (χ3v) is 3.14. The molecule has 16 heavy (non-hydrogen) atoms. The molecule has 1 aromatic rings. The van der Waals surface area contributed by atoms with Gasteiger partial charge in [-0.1, -0.05) is 12.8 Å². The Morgan fingerprint density at radius 1 is 1.31 bits per heavy atom. The molecule has 1 aliphatic rings. The van der Waals surface area contributed by atoms with Gasteiger partial charge in [-0.3, -0.25) is 0 Å². The Morgan fingerprint density at radius 3 is 2.75 bits per heavy atom. The van der Waals surface area contributed by atoms with E-state index in [1.54, 1.807) is 6.07 Å². The molecule has 0 radical (unpaired) electrons. The van der Waals surface area contributed by atoms with Crippen molar-refractivity contribution in [2.75, 3.05) is 6.61 Å². The van der Waals surface area contributed by atoms with E-state index in [2.05, 4.69) is 0 Å². The number of aliphatic hydroxyl groups excluding tert-OH is 1. The molecule has 0 spiro atoms. The van der Waals surface area contributed by atoms with Crippen molar-refractivity contribution in [1.29, 1.82) is 0 Å². The van der Waals surface area contributed by atoms with Gasteiger partial charge in [0.15, 0.2) is 0 Å². The average Bonchev–Trinajstić information content (AvgIpc) is 2.80. The van der Waals surface area contributed by atoms with E-state index in [0.717, 1.165) is 0 Å². The zero-order valence-electron chi connectivity index (χ0n) is 9.29. The van der Waals surface area contributed by atoms with Crippen molar-refractivity contribution >= 4 is 0 Å². The van der Waals surface area contributed by atoms with Crippen LogP contribution in [0.2, 0.25) is 0 Å². The minimum atomic E-state index is -0.336. The molecule has 2 rings (SSSR count). The standard InChI is InChI=1S/C13H17FO2/c14-12-5-6-13(11(7-12)8-15)16-9-10-3-1-2-4-10/h5-7,10,15H,1-4,8-9H2. The Balaban J connectivity index is 1.97. The van der Waals surface area contributed by atoms with Crippen LogP contribution in [0.3, 0.4) is 0 Å². The lowest BCUT2D eigenvalue weighted by molar-refractivity contribution is 0.234. The maximum absolute atomic E-state index is 12.9. The summed E-state index contributed by atoms with van der Waals surface area (Å²) in [5.41, 5.74) is 0.526. The predicted octanol–water partition coefficient (Wildman–Crippen LogP) is 2.89. The first-order chi connectivity index (χ1) is 7.79. The number of hydrogen-bond acceptors (Lipinski definition) is 2. The van der Waals surface area contributed by atoms with Crippen LogP contribution in [-0.2, 0) is 6.61 Å². The van der Waals surface area contributed by atoms with Crippen LogP contribution in [0.15, 0.2) is 18.2 Å². The van der Waals surface area contributed by atoms with E-state index in [9.17, 15) is 4.39 Å². The first kappa shape index (κ1) is 11.4. The SMILES string of the molecule is OCc1cc(F)ccc1OCC1CCCC1. The van der Waals surface area contributed by atoms with Crippen LogP contribution in [0.25, 0.3) is 0 Å². The van der Waals surface area contributed by atoms with Gasteiger partial charge in [-0.25, -0.2) is 4.39 Å². The summed E-state index contributed by atoms with van der Waals surface area (Å²) in [6, 6.07) is 4.28. The number of rotatable bonds is 4. The Labute approximate surface area is 95.1 Å². The molecular weight excluding hydrogens is 207 g/mol. The lowest BCUT2D eigenvalue weighted by Crippen LogP contribution is -2.09. The molecule has 1 fully saturated rings. The number of halogens is 1. The van der Waals surface area contributed by atoms with E-state index in [1.807, 2.05) is 0 Å². The van der Waals surface area contributed by atoms with E-state index in [0.29, 0.717) is 23.8 Å². The van der Waals surface area contributed by atoms with E-state index < -0.39 is 0 Å². The third kappa shape index (κ3) is 2.73. The highest BCUT2D eigenvalue weighted by Crippen LogP contribution is 2.27. The van der Waals surface area contributed by atoms with Crippen LogP contribution in [0.5, 0.6) is 5.75 Å². The molecule has 1 N–H and O–H groups in total. The minimum absolute atomic E-state index is 0.183. The van der Waals surface area contributed by atoms with Gasteiger partial charge in [0.2, 0.25) is 0 Å². The number of benzene rings is 1. The third-order valence-electron chi connectivity index (χ3n) is 3.14. The van der Waals surface area contributed by atoms with Crippen LogP contribution in [-0.4, -0.2) is 11.7 Å². The van der Waals surface area contributed by atoms with Crippen LogP contribution in [0.1, 0.15) is 31.2 Å². The largest absolute Gasteiger partial charge is 0.493 e. The van der Waals surface area contributed by atoms with Gasteiger partial charge >= 0.3 is 0 Å². The van der Waals surface area contributed by atoms with E-state index in [-0.39, 0.29) is 12.4 Å². The molecule has 0 unspecified atom stereocenters. The highest BCUT2D eigenvalue weighted by atomic mass is 19.1. The first-order valence-corrected chi connectivity index (χ1v) is 5.81. The maximum Gasteiger partial charge on any atom is 0.125 e. The Bertz CT molecular complexity index is 346. The fourth-order valence-corrected chi connectivity index (χ4v) is 2.20. The molecule has 0 amide bonds. The molecule has 88 valence electrons. The number of hydrogen-bond donors (Lipinski definition) is 1. The topological polar surface area (TPSA) is 29.5 Å². The fraction of sp³-hybridized carbons (Fsp3) is 0.538. The molecule has 1 saturated carbocycles. The van der Waals surface area contributed by atoms with Gasteiger partial charge in [0.25, 0.3) is 0 Å². The average molecular weight is 224 g/mol. The Kier molecular flexibility index (Phi) is 3.78. The van der Waals surface area contributed by atoms with Gasteiger partial charge in [-0.2, -0.15) is 0 Å². The summed E-state index contributed by atoms with van der Waals surface area (Å²) in [4.78, 5) is 0. The van der Waals surface area contributed by atoms with Crippen molar-refractivity contribution in [3.63, 3.8) is 0 Å².